The maximum atomic E-state index is 9.90. The van der Waals surface area contributed by atoms with E-state index in [0.717, 1.165) is 0 Å². The van der Waals surface area contributed by atoms with Crippen molar-refractivity contribution in [1.29, 1.82) is 0 Å². The van der Waals surface area contributed by atoms with Gasteiger partial charge in [-0.15, -0.1) is 0 Å². The average molecular weight is 212 g/mol. The molecule has 0 unspecified atom stereocenters. The van der Waals surface area contributed by atoms with Crippen molar-refractivity contribution in [3.63, 3.8) is 0 Å². The fourth-order valence-electron chi connectivity index (χ4n) is 0.534. The monoisotopic (exact) mass is 212 g/mol. The van der Waals surface area contributed by atoms with Gasteiger partial charge in [0.2, 0.25) is 0 Å². The number of hydrogen-bond donors (Lipinski definition) is 2. The zero-order chi connectivity index (χ0) is 10.5. The van der Waals surface area contributed by atoms with Gasteiger partial charge in [-0.25, -0.2) is 0 Å². The summed E-state index contributed by atoms with van der Waals surface area (Å²) in [4.78, 5) is 29.6. The Balaban J connectivity index is 3.80. The van der Waals surface area contributed by atoms with E-state index in [1.54, 1.807) is 0 Å². The number of rotatable bonds is 6. The van der Waals surface area contributed by atoms with E-state index in [4.69, 9.17) is 10.2 Å². The van der Waals surface area contributed by atoms with Gasteiger partial charge in [-0.05, 0) is 0 Å². The van der Waals surface area contributed by atoms with Gasteiger partial charge in [0.15, 0.2) is 0 Å². The van der Waals surface area contributed by atoms with E-state index in [0.29, 0.717) is 6.29 Å². The lowest BCUT2D eigenvalue weighted by Gasteiger charge is -2.30. The highest BCUT2D eigenvalue weighted by Gasteiger charge is 2.16. The van der Waals surface area contributed by atoms with Crippen LogP contribution in [0.15, 0.2) is 0 Å². The van der Waals surface area contributed by atoms with Gasteiger partial charge in [0.05, 0.1) is 20.5 Å². The SMILES string of the molecule is O=CC[C@@H](O)[C@H](O)COP(=O)([O-])[O-]. The Bertz CT molecular complexity index is 199. The predicted octanol–water partition coefficient (Wildman–Crippen LogP) is -2.86. The number of aldehydes is 1. The molecule has 0 radical (unpaired) electrons. The Morgan fingerprint density at radius 3 is 2.31 bits per heavy atom. The van der Waals surface area contributed by atoms with Gasteiger partial charge in [-0.2, -0.15) is 0 Å². The molecule has 0 aromatic heterocycles. The smallest absolute Gasteiger partial charge is 0.122 e. The molecule has 7 nitrogen and oxygen atoms in total. The van der Waals surface area contributed by atoms with Crippen molar-refractivity contribution in [1.82, 2.24) is 0 Å². The van der Waals surface area contributed by atoms with Crippen LogP contribution < -0.4 is 9.79 Å². The summed E-state index contributed by atoms with van der Waals surface area (Å²) in [6, 6.07) is 0. The third-order valence-corrected chi connectivity index (χ3v) is 1.65. The maximum absolute atomic E-state index is 9.90. The predicted molar refractivity (Wildman–Crippen MR) is 36.3 cm³/mol. The van der Waals surface area contributed by atoms with Crippen LogP contribution in [-0.2, 0) is 13.9 Å². The first kappa shape index (κ1) is 12.7. The number of hydrogen-bond acceptors (Lipinski definition) is 7. The second-order valence-corrected chi connectivity index (χ2v) is 3.43. The average Bonchev–Trinajstić information content (AvgIpc) is 1.99. The minimum atomic E-state index is -5.14. The zero-order valence-electron chi connectivity index (χ0n) is 6.53. The molecule has 0 aliphatic rings. The van der Waals surface area contributed by atoms with Crippen LogP contribution in [-0.4, -0.2) is 35.3 Å². The molecule has 13 heavy (non-hydrogen) atoms. The third-order valence-electron chi connectivity index (χ3n) is 1.19. The second kappa shape index (κ2) is 5.43. The number of carbonyl (C=O) groups is 1. The van der Waals surface area contributed by atoms with Crippen molar-refractivity contribution in [2.75, 3.05) is 6.61 Å². The molecule has 78 valence electrons. The van der Waals surface area contributed by atoms with Crippen LogP contribution in [0.25, 0.3) is 0 Å². The molecule has 2 atom stereocenters. The Morgan fingerprint density at radius 2 is 1.92 bits per heavy atom. The van der Waals surface area contributed by atoms with E-state index in [2.05, 4.69) is 4.52 Å². The normalized spacial score (nSPS) is 16.6. The Kier molecular flexibility index (Phi) is 5.31. The first-order valence-corrected chi connectivity index (χ1v) is 4.79. The van der Waals surface area contributed by atoms with Crippen molar-refractivity contribution in [2.45, 2.75) is 18.6 Å². The zero-order valence-corrected chi connectivity index (χ0v) is 7.42. The number of phosphoric acid groups is 1. The van der Waals surface area contributed by atoms with E-state index in [1.807, 2.05) is 0 Å². The summed E-state index contributed by atoms with van der Waals surface area (Å²) in [5, 5.41) is 17.7. The summed E-state index contributed by atoms with van der Waals surface area (Å²) < 4.78 is 13.6. The summed E-state index contributed by atoms with van der Waals surface area (Å²) in [6.45, 7) is -0.848. The highest BCUT2D eigenvalue weighted by Crippen LogP contribution is 2.24. The molecule has 0 aromatic carbocycles. The number of aliphatic hydroxyl groups excluding tert-OH is 2. The molecular formula is C5H9O7P-2. The van der Waals surface area contributed by atoms with Crippen molar-refractivity contribution in [2.24, 2.45) is 0 Å². The van der Waals surface area contributed by atoms with Crippen molar-refractivity contribution >= 4 is 14.1 Å². The van der Waals surface area contributed by atoms with Crippen LogP contribution in [0.2, 0.25) is 0 Å². The molecule has 0 rings (SSSR count). The minimum Gasteiger partial charge on any atom is -0.790 e. The molecule has 0 aliphatic heterocycles. The Hall–Kier alpha value is -0.300. The largest absolute Gasteiger partial charge is 0.790 e. The molecule has 0 aromatic rings. The standard InChI is InChI=1S/C5H11O7P/c6-2-1-4(7)5(8)3-12-13(9,10)11/h2,4-5,7-8H,1,3H2,(H2,9,10,11)/p-2/t4-,5-/m1/s1. The summed E-state index contributed by atoms with van der Waals surface area (Å²) in [5.41, 5.74) is 0. The number of carbonyl (C=O) groups excluding carboxylic acids is 1. The molecule has 0 saturated carbocycles. The molecule has 8 heteroatoms. The van der Waals surface area contributed by atoms with Crippen LogP contribution in [0.1, 0.15) is 6.42 Å². The van der Waals surface area contributed by atoms with Crippen molar-refractivity contribution < 1.29 is 33.9 Å². The molecule has 0 saturated heterocycles. The molecule has 0 amide bonds. The lowest BCUT2D eigenvalue weighted by atomic mass is 10.2. The van der Waals surface area contributed by atoms with E-state index < -0.39 is 26.6 Å². The van der Waals surface area contributed by atoms with Gasteiger partial charge in [0, 0.05) is 6.42 Å². The fraction of sp³-hybridized carbons (Fsp3) is 0.800. The van der Waals surface area contributed by atoms with Gasteiger partial charge in [0.1, 0.15) is 12.4 Å². The van der Waals surface area contributed by atoms with Crippen LogP contribution >= 0.6 is 7.82 Å². The summed E-state index contributed by atoms with van der Waals surface area (Å²) >= 11 is 0. The quantitative estimate of drug-likeness (QED) is 0.357. The van der Waals surface area contributed by atoms with Gasteiger partial charge in [-0.3, -0.25) is 0 Å². The van der Waals surface area contributed by atoms with Gasteiger partial charge >= 0.3 is 0 Å². The van der Waals surface area contributed by atoms with Gasteiger partial charge in [0.25, 0.3) is 0 Å². The van der Waals surface area contributed by atoms with Crippen LogP contribution in [0, 0.1) is 0 Å². The van der Waals surface area contributed by atoms with Crippen molar-refractivity contribution in [3.8, 4) is 0 Å². The molecule has 0 bridgehead atoms. The lowest BCUT2D eigenvalue weighted by molar-refractivity contribution is -0.343. The lowest BCUT2D eigenvalue weighted by Crippen LogP contribution is -2.32. The summed E-state index contributed by atoms with van der Waals surface area (Å²) in [5.74, 6) is 0. The fourth-order valence-corrected chi connectivity index (χ4v) is 0.870. The van der Waals surface area contributed by atoms with Gasteiger partial charge in [-0.1, -0.05) is 0 Å². The highest BCUT2D eigenvalue weighted by atomic mass is 31.2. The summed E-state index contributed by atoms with van der Waals surface area (Å²) in [6.07, 6.45) is -3.00. The van der Waals surface area contributed by atoms with Crippen LogP contribution in [0.4, 0.5) is 0 Å². The first-order chi connectivity index (χ1) is 5.87. The molecule has 0 heterocycles. The number of aliphatic hydroxyl groups is 2. The highest BCUT2D eigenvalue weighted by molar-refractivity contribution is 7.43. The first-order valence-electron chi connectivity index (χ1n) is 3.33. The Morgan fingerprint density at radius 1 is 1.38 bits per heavy atom. The van der Waals surface area contributed by atoms with Crippen LogP contribution in [0.5, 0.6) is 0 Å². The van der Waals surface area contributed by atoms with E-state index in [1.165, 1.54) is 0 Å². The molecule has 0 aliphatic carbocycles. The second-order valence-electron chi connectivity index (χ2n) is 2.28. The van der Waals surface area contributed by atoms with E-state index in [-0.39, 0.29) is 6.42 Å². The molecule has 0 fully saturated rings. The van der Waals surface area contributed by atoms with Crippen molar-refractivity contribution in [3.05, 3.63) is 0 Å². The van der Waals surface area contributed by atoms with Gasteiger partial charge < -0.3 is 33.9 Å². The van der Waals surface area contributed by atoms with E-state index >= 15 is 0 Å². The molecular weight excluding hydrogens is 203 g/mol. The number of phosphoric ester groups is 1. The minimum absolute atomic E-state index is 0.349. The van der Waals surface area contributed by atoms with Crippen LogP contribution in [0.3, 0.4) is 0 Å². The Labute approximate surface area is 74.2 Å². The third kappa shape index (κ3) is 6.83. The maximum Gasteiger partial charge on any atom is 0.122 e. The topological polar surface area (TPSA) is 130 Å². The molecule has 0 spiro atoms. The summed E-state index contributed by atoms with van der Waals surface area (Å²) in [7, 11) is -5.14. The molecule has 2 N–H and O–H groups in total. The van der Waals surface area contributed by atoms with E-state index in [9.17, 15) is 19.1 Å².